The molecule has 0 rings (SSSR count). The number of sulfonamides is 1. The minimum Gasteiger partial charge on any atom is -0.481 e. The monoisotopic (exact) mass is 239 g/mol. The number of carbonyl (C=O) groups is 2. The summed E-state index contributed by atoms with van der Waals surface area (Å²) in [5, 5.41) is 17.0. The van der Waals surface area contributed by atoms with Crippen LogP contribution in [-0.4, -0.2) is 54.2 Å². The first kappa shape index (κ1) is 13.8. The number of rotatable bonds is 6. The predicted octanol–water partition coefficient (Wildman–Crippen LogP) is -0.947. The highest BCUT2D eigenvalue weighted by atomic mass is 32.2. The fourth-order valence-corrected chi connectivity index (χ4v) is 1.69. The van der Waals surface area contributed by atoms with Gasteiger partial charge in [-0.1, -0.05) is 6.92 Å². The average Bonchev–Trinajstić information content (AvgIpc) is 2.00. The van der Waals surface area contributed by atoms with Gasteiger partial charge >= 0.3 is 11.9 Å². The Morgan fingerprint density at radius 3 is 2.07 bits per heavy atom. The van der Waals surface area contributed by atoms with Crippen molar-refractivity contribution in [1.82, 2.24) is 4.31 Å². The average molecular weight is 239 g/mol. The van der Waals surface area contributed by atoms with Crippen molar-refractivity contribution >= 4 is 22.0 Å². The molecule has 0 saturated carbocycles. The number of hydrogen-bond acceptors (Lipinski definition) is 4. The highest BCUT2D eigenvalue weighted by Gasteiger charge is 2.24. The van der Waals surface area contributed by atoms with E-state index >= 15 is 0 Å². The third-order valence-corrected chi connectivity index (χ3v) is 2.90. The van der Waals surface area contributed by atoms with E-state index in [4.69, 9.17) is 10.2 Å². The maximum atomic E-state index is 11.1. The fourth-order valence-electron chi connectivity index (χ4n) is 0.852. The first-order chi connectivity index (χ1) is 6.64. The molecular weight excluding hydrogens is 226 g/mol. The maximum absolute atomic E-state index is 11.1. The molecule has 0 bridgehead atoms. The summed E-state index contributed by atoms with van der Waals surface area (Å²) in [6.07, 6.45) is 0.838. The smallest absolute Gasteiger partial charge is 0.318 e. The van der Waals surface area contributed by atoms with Crippen LogP contribution in [0.2, 0.25) is 0 Å². The highest BCUT2D eigenvalue weighted by Crippen LogP contribution is 2.04. The zero-order valence-electron chi connectivity index (χ0n) is 8.37. The summed E-state index contributed by atoms with van der Waals surface area (Å²) in [5.41, 5.74) is 0. The third-order valence-electron chi connectivity index (χ3n) is 1.68. The molecule has 0 aromatic rings. The zero-order chi connectivity index (χ0) is 12.2. The van der Waals surface area contributed by atoms with E-state index in [0.717, 1.165) is 6.26 Å². The van der Waals surface area contributed by atoms with E-state index in [1.165, 1.54) is 6.92 Å². The van der Waals surface area contributed by atoms with E-state index in [9.17, 15) is 18.0 Å². The van der Waals surface area contributed by atoms with Gasteiger partial charge in [-0.25, -0.2) is 8.42 Å². The molecule has 0 aromatic heterocycles. The summed E-state index contributed by atoms with van der Waals surface area (Å²) in [6.45, 7) is 0.235. The number of carboxylic acid groups (broad SMARTS) is 2. The van der Waals surface area contributed by atoms with Crippen LogP contribution in [0.1, 0.15) is 6.92 Å². The minimum atomic E-state index is -3.70. The van der Waals surface area contributed by atoms with Gasteiger partial charge in [0.05, 0.1) is 12.2 Å². The van der Waals surface area contributed by atoms with Crippen LogP contribution in [0.25, 0.3) is 0 Å². The van der Waals surface area contributed by atoms with Crippen LogP contribution >= 0.6 is 0 Å². The molecular formula is C7H13NO6S. The first-order valence-corrected chi connectivity index (χ1v) is 5.89. The molecule has 8 heteroatoms. The van der Waals surface area contributed by atoms with Crippen molar-refractivity contribution in [3.63, 3.8) is 0 Å². The quantitative estimate of drug-likeness (QED) is 0.618. The molecule has 7 nitrogen and oxygen atoms in total. The van der Waals surface area contributed by atoms with Gasteiger partial charge in [-0.15, -0.1) is 0 Å². The van der Waals surface area contributed by atoms with E-state index < -0.39 is 34.4 Å². The molecule has 0 aromatic carbocycles. The molecule has 0 aliphatic rings. The topological polar surface area (TPSA) is 112 Å². The molecule has 0 aliphatic heterocycles. The van der Waals surface area contributed by atoms with Crippen molar-refractivity contribution in [2.75, 3.05) is 19.3 Å². The predicted molar refractivity (Wildman–Crippen MR) is 50.9 cm³/mol. The van der Waals surface area contributed by atoms with E-state index in [1.54, 1.807) is 0 Å². The standard InChI is InChI=1S/C7H13NO6S/c1-5(7(11)12)3-8(4-6(9)10)15(2,13)14/h5H,3-4H2,1-2H3,(H,9,10)(H,11,12). The van der Waals surface area contributed by atoms with E-state index in [-0.39, 0.29) is 6.54 Å². The molecule has 1 atom stereocenters. The van der Waals surface area contributed by atoms with E-state index in [0.29, 0.717) is 4.31 Å². The maximum Gasteiger partial charge on any atom is 0.318 e. The van der Waals surface area contributed by atoms with E-state index in [2.05, 4.69) is 0 Å². The van der Waals surface area contributed by atoms with Crippen molar-refractivity contribution in [2.45, 2.75) is 6.92 Å². The van der Waals surface area contributed by atoms with Crippen LogP contribution in [0.3, 0.4) is 0 Å². The zero-order valence-corrected chi connectivity index (χ0v) is 9.19. The molecule has 2 N–H and O–H groups in total. The Labute approximate surface area is 87.4 Å². The van der Waals surface area contributed by atoms with Gasteiger partial charge in [-0.05, 0) is 0 Å². The van der Waals surface area contributed by atoms with Gasteiger partial charge in [0.1, 0.15) is 6.54 Å². The van der Waals surface area contributed by atoms with Gasteiger partial charge in [0.2, 0.25) is 10.0 Å². The summed E-state index contributed by atoms with van der Waals surface area (Å²) in [4.78, 5) is 20.8. The Bertz CT molecular complexity index is 348. The summed E-state index contributed by atoms with van der Waals surface area (Å²) < 4.78 is 22.8. The number of nitrogens with zero attached hydrogens (tertiary/aromatic N) is 1. The second-order valence-electron chi connectivity index (χ2n) is 3.19. The fraction of sp³-hybridized carbons (Fsp3) is 0.714. The number of carboxylic acids is 2. The molecule has 0 fully saturated rings. The van der Waals surface area contributed by atoms with Crippen LogP contribution in [0.4, 0.5) is 0 Å². The lowest BCUT2D eigenvalue weighted by atomic mass is 10.2. The van der Waals surface area contributed by atoms with Crippen LogP contribution < -0.4 is 0 Å². The Morgan fingerprint density at radius 2 is 1.80 bits per heavy atom. The van der Waals surface area contributed by atoms with Crippen LogP contribution in [0.5, 0.6) is 0 Å². The van der Waals surface area contributed by atoms with Gasteiger partial charge in [0.15, 0.2) is 0 Å². The third kappa shape index (κ3) is 5.33. The van der Waals surface area contributed by atoms with Gasteiger partial charge in [0, 0.05) is 6.54 Å². The van der Waals surface area contributed by atoms with Crippen molar-refractivity contribution in [1.29, 1.82) is 0 Å². The summed E-state index contributed by atoms with van der Waals surface area (Å²) in [6, 6.07) is 0. The Balaban J connectivity index is 4.67. The summed E-state index contributed by atoms with van der Waals surface area (Å²) >= 11 is 0. The molecule has 0 saturated heterocycles. The second-order valence-corrected chi connectivity index (χ2v) is 5.17. The Hall–Kier alpha value is -1.15. The van der Waals surface area contributed by atoms with Gasteiger partial charge in [0.25, 0.3) is 0 Å². The Kier molecular flexibility index (Phi) is 4.69. The molecule has 0 radical (unpaired) electrons. The summed E-state index contributed by atoms with van der Waals surface area (Å²) in [7, 11) is -3.70. The highest BCUT2D eigenvalue weighted by molar-refractivity contribution is 7.88. The van der Waals surface area contributed by atoms with Crippen molar-refractivity contribution in [2.24, 2.45) is 5.92 Å². The van der Waals surface area contributed by atoms with Crippen LogP contribution in [-0.2, 0) is 19.6 Å². The molecule has 0 spiro atoms. The van der Waals surface area contributed by atoms with Crippen molar-refractivity contribution < 1.29 is 28.2 Å². The molecule has 88 valence electrons. The van der Waals surface area contributed by atoms with Gasteiger partial charge < -0.3 is 10.2 Å². The van der Waals surface area contributed by atoms with Crippen molar-refractivity contribution in [3.8, 4) is 0 Å². The number of aliphatic carboxylic acids is 2. The van der Waals surface area contributed by atoms with Gasteiger partial charge in [-0.2, -0.15) is 4.31 Å². The SMILES string of the molecule is CC(CN(CC(=O)O)S(C)(=O)=O)C(=O)O. The molecule has 1 unspecified atom stereocenters. The lowest BCUT2D eigenvalue weighted by Crippen LogP contribution is -2.39. The largest absolute Gasteiger partial charge is 0.481 e. The van der Waals surface area contributed by atoms with Crippen molar-refractivity contribution in [3.05, 3.63) is 0 Å². The molecule has 0 heterocycles. The summed E-state index contributed by atoms with van der Waals surface area (Å²) in [5.74, 6) is -3.44. The van der Waals surface area contributed by atoms with E-state index in [1.807, 2.05) is 0 Å². The van der Waals surface area contributed by atoms with Crippen LogP contribution in [0, 0.1) is 5.92 Å². The molecule has 15 heavy (non-hydrogen) atoms. The number of hydrogen-bond donors (Lipinski definition) is 2. The molecule has 0 aliphatic carbocycles. The second kappa shape index (κ2) is 5.08. The first-order valence-electron chi connectivity index (χ1n) is 4.04. The normalized spacial score (nSPS) is 13.8. The lowest BCUT2D eigenvalue weighted by molar-refractivity contribution is -0.143. The Morgan fingerprint density at radius 1 is 1.33 bits per heavy atom. The molecule has 0 amide bonds. The lowest BCUT2D eigenvalue weighted by Gasteiger charge is -2.19. The van der Waals surface area contributed by atoms with Gasteiger partial charge in [-0.3, -0.25) is 9.59 Å². The van der Waals surface area contributed by atoms with Crippen LogP contribution in [0.15, 0.2) is 0 Å². The minimum absolute atomic E-state index is 0.347.